The van der Waals surface area contributed by atoms with Crippen LogP contribution in [0.5, 0.6) is 0 Å². The molecule has 2 unspecified atom stereocenters. The van der Waals surface area contributed by atoms with E-state index < -0.39 is 21.3 Å². The van der Waals surface area contributed by atoms with E-state index in [0.29, 0.717) is 32.0 Å². The minimum atomic E-state index is -3.91. The van der Waals surface area contributed by atoms with Gasteiger partial charge in [0.1, 0.15) is 6.61 Å². The number of hydrogen-bond acceptors (Lipinski definition) is 5. The fourth-order valence-electron chi connectivity index (χ4n) is 4.90. The molecule has 0 aromatic heterocycles. The Balaban J connectivity index is 1.38. The van der Waals surface area contributed by atoms with Crippen molar-refractivity contribution >= 4 is 38.9 Å². The highest BCUT2D eigenvalue weighted by atomic mass is 35.5. The maximum atomic E-state index is 13.5. The number of amides is 1. The van der Waals surface area contributed by atoms with Crippen LogP contribution in [-0.2, 0) is 25.8 Å². The third-order valence-corrected chi connectivity index (χ3v) is 9.63. The van der Waals surface area contributed by atoms with Crippen LogP contribution in [0.25, 0.3) is 0 Å². The summed E-state index contributed by atoms with van der Waals surface area (Å²) < 4.78 is 32.9. The molecule has 0 spiro atoms. The first-order valence-electron chi connectivity index (χ1n) is 12.2. The van der Waals surface area contributed by atoms with E-state index in [9.17, 15) is 13.2 Å². The Kier molecular flexibility index (Phi) is 9.11. The first-order chi connectivity index (χ1) is 16.8. The monoisotopic (exact) mass is 538 g/mol. The summed E-state index contributed by atoms with van der Waals surface area (Å²) in [7, 11) is -3.91. The summed E-state index contributed by atoms with van der Waals surface area (Å²) in [5.41, 5.74) is 0.135. The smallest absolute Gasteiger partial charge is 0.248 e. The van der Waals surface area contributed by atoms with Crippen LogP contribution in [-0.4, -0.2) is 56.9 Å². The summed E-state index contributed by atoms with van der Waals surface area (Å²) >= 11 is 12.1. The van der Waals surface area contributed by atoms with Gasteiger partial charge in [-0.3, -0.25) is 4.79 Å². The van der Waals surface area contributed by atoms with E-state index in [4.69, 9.17) is 27.9 Å². The van der Waals surface area contributed by atoms with Gasteiger partial charge in [-0.05, 0) is 68.3 Å². The van der Waals surface area contributed by atoms with Crippen molar-refractivity contribution in [3.8, 4) is 0 Å². The molecule has 0 aliphatic carbocycles. The summed E-state index contributed by atoms with van der Waals surface area (Å²) in [5, 5.41) is 3.71. The maximum Gasteiger partial charge on any atom is 0.248 e. The molecule has 2 atom stereocenters. The van der Waals surface area contributed by atoms with Gasteiger partial charge >= 0.3 is 0 Å². The Labute approximate surface area is 217 Å². The van der Waals surface area contributed by atoms with E-state index in [0.717, 1.165) is 32.1 Å². The number of carbonyl (C=O) groups excluding carboxylic acids is 1. The molecule has 2 fully saturated rings. The highest BCUT2D eigenvalue weighted by Gasteiger charge is 2.37. The minimum absolute atomic E-state index is 0.0402. The molecular formula is C26H32Cl2N2O4S. The highest BCUT2D eigenvalue weighted by Crippen LogP contribution is 2.29. The fraction of sp³-hybridized carbons (Fsp3) is 0.500. The molecule has 190 valence electrons. The van der Waals surface area contributed by atoms with Crippen LogP contribution in [0.4, 0.5) is 0 Å². The van der Waals surface area contributed by atoms with Gasteiger partial charge in [0.05, 0.1) is 14.9 Å². The molecule has 0 bridgehead atoms. The van der Waals surface area contributed by atoms with Crippen molar-refractivity contribution in [2.24, 2.45) is 5.92 Å². The summed E-state index contributed by atoms with van der Waals surface area (Å²) in [5.74, 6) is 0.366. The van der Waals surface area contributed by atoms with E-state index in [1.54, 1.807) is 4.90 Å². The van der Waals surface area contributed by atoms with Crippen molar-refractivity contribution < 1.29 is 17.9 Å². The Morgan fingerprint density at radius 1 is 1.03 bits per heavy atom. The van der Waals surface area contributed by atoms with Crippen molar-refractivity contribution in [2.75, 3.05) is 26.2 Å². The molecule has 1 amide bonds. The van der Waals surface area contributed by atoms with E-state index in [1.165, 1.54) is 23.8 Å². The van der Waals surface area contributed by atoms with Crippen LogP contribution in [0.2, 0.25) is 10.0 Å². The Morgan fingerprint density at radius 3 is 2.43 bits per heavy atom. The van der Waals surface area contributed by atoms with Crippen molar-refractivity contribution in [2.45, 2.75) is 54.9 Å². The van der Waals surface area contributed by atoms with E-state index in [1.807, 2.05) is 6.07 Å². The van der Waals surface area contributed by atoms with Crippen molar-refractivity contribution in [1.82, 2.24) is 10.2 Å². The zero-order chi connectivity index (χ0) is 24.8. The fourth-order valence-corrected chi connectivity index (χ4v) is 6.98. The van der Waals surface area contributed by atoms with E-state index in [-0.39, 0.29) is 27.5 Å². The second-order valence-corrected chi connectivity index (χ2v) is 12.2. The molecular weight excluding hydrogens is 507 g/mol. The van der Waals surface area contributed by atoms with Gasteiger partial charge in [-0.2, -0.15) is 0 Å². The molecule has 2 saturated heterocycles. The number of halogens is 2. The Bertz CT molecular complexity index is 1100. The van der Waals surface area contributed by atoms with Crippen LogP contribution in [0.1, 0.15) is 37.7 Å². The first kappa shape index (κ1) is 26.4. The van der Waals surface area contributed by atoms with Gasteiger partial charge < -0.3 is 15.0 Å². The SMILES string of the molecule is O=C(COC(C1CCCCN1)S(=O)(=O)c1ccc(Cl)c(Cl)c1)N1CCC(Cc2ccccc2)CC1. The van der Waals surface area contributed by atoms with Crippen LogP contribution in [0, 0.1) is 5.92 Å². The predicted octanol–water partition coefficient (Wildman–Crippen LogP) is 4.73. The van der Waals surface area contributed by atoms with Crippen LogP contribution < -0.4 is 5.32 Å². The lowest BCUT2D eigenvalue weighted by atomic mass is 9.90. The third kappa shape index (κ3) is 6.77. The predicted molar refractivity (Wildman–Crippen MR) is 138 cm³/mol. The lowest BCUT2D eigenvalue weighted by Gasteiger charge is -2.34. The summed E-state index contributed by atoms with van der Waals surface area (Å²) in [4.78, 5) is 14.8. The number of rotatable bonds is 8. The zero-order valence-corrected chi connectivity index (χ0v) is 22.0. The summed E-state index contributed by atoms with van der Waals surface area (Å²) in [6, 6.07) is 14.2. The molecule has 2 heterocycles. The molecule has 1 N–H and O–H groups in total. The third-order valence-electron chi connectivity index (χ3n) is 6.91. The van der Waals surface area contributed by atoms with Gasteiger partial charge in [-0.25, -0.2) is 8.42 Å². The molecule has 2 aromatic rings. The molecule has 35 heavy (non-hydrogen) atoms. The number of sulfone groups is 1. The summed E-state index contributed by atoms with van der Waals surface area (Å²) in [6.45, 7) is 1.76. The number of likely N-dealkylation sites (tertiary alicyclic amines) is 1. The Morgan fingerprint density at radius 2 is 1.77 bits per heavy atom. The Hall–Kier alpha value is -1.64. The zero-order valence-electron chi connectivity index (χ0n) is 19.7. The molecule has 2 aliphatic rings. The second kappa shape index (κ2) is 12.1. The highest BCUT2D eigenvalue weighted by molar-refractivity contribution is 7.92. The van der Waals surface area contributed by atoms with Gasteiger partial charge in [0.15, 0.2) is 5.44 Å². The molecule has 6 nitrogen and oxygen atoms in total. The van der Waals surface area contributed by atoms with Crippen LogP contribution in [0.15, 0.2) is 53.4 Å². The molecule has 9 heteroatoms. The number of carbonyl (C=O) groups is 1. The normalized spacial score (nSPS) is 20.5. The minimum Gasteiger partial charge on any atom is -0.350 e. The standard InChI is InChI=1S/C26H32Cl2N2O4S/c27-22-10-9-21(17-23(22)28)35(32,33)26(24-8-4-5-13-29-24)34-18-25(31)30-14-11-20(12-15-30)16-19-6-2-1-3-7-19/h1-3,6-7,9-10,17,20,24,26,29H,4-5,8,11-16,18H2. The largest absolute Gasteiger partial charge is 0.350 e. The molecule has 0 saturated carbocycles. The van der Waals surface area contributed by atoms with E-state index in [2.05, 4.69) is 29.6 Å². The van der Waals surface area contributed by atoms with Gasteiger partial charge in [0, 0.05) is 19.1 Å². The lowest BCUT2D eigenvalue weighted by Crippen LogP contribution is -2.49. The van der Waals surface area contributed by atoms with Gasteiger partial charge in [-0.15, -0.1) is 0 Å². The molecule has 0 radical (unpaired) electrons. The topological polar surface area (TPSA) is 75.7 Å². The molecule has 4 rings (SSSR count). The van der Waals surface area contributed by atoms with Crippen LogP contribution in [0.3, 0.4) is 0 Å². The van der Waals surface area contributed by atoms with Gasteiger partial charge in [0.2, 0.25) is 15.7 Å². The molecule has 2 aromatic carbocycles. The quantitative estimate of drug-likeness (QED) is 0.525. The van der Waals surface area contributed by atoms with E-state index >= 15 is 0 Å². The second-order valence-electron chi connectivity index (χ2n) is 9.37. The van der Waals surface area contributed by atoms with Crippen molar-refractivity contribution in [3.63, 3.8) is 0 Å². The first-order valence-corrected chi connectivity index (χ1v) is 14.5. The maximum absolute atomic E-state index is 13.5. The van der Waals surface area contributed by atoms with Gasteiger partial charge in [0.25, 0.3) is 0 Å². The number of hydrogen-bond donors (Lipinski definition) is 1. The number of piperidine rings is 2. The lowest BCUT2D eigenvalue weighted by molar-refractivity contribution is -0.138. The van der Waals surface area contributed by atoms with Crippen LogP contribution >= 0.6 is 23.2 Å². The number of ether oxygens (including phenoxy) is 1. The van der Waals surface area contributed by atoms with Crippen molar-refractivity contribution in [1.29, 1.82) is 0 Å². The van der Waals surface area contributed by atoms with Gasteiger partial charge in [-0.1, -0.05) is 60.0 Å². The number of benzene rings is 2. The molecule has 2 aliphatic heterocycles. The average molecular weight is 540 g/mol. The number of nitrogens with zero attached hydrogens (tertiary/aromatic N) is 1. The summed E-state index contributed by atoms with van der Waals surface area (Å²) in [6.07, 6.45) is 5.40. The number of nitrogens with one attached hydrogen (secondary N) is 1. The average Bonchev–Trinajstić information content (AvgIpc) is 2.87. The van der Waals surface area contributed by atoms with Crippen molar-refractivity contribution in [3.05, 3.63) is 64.1 Å².